The number of carboxylic acid groups (broad SMARTS) is 2. The minimum atomic E-state index is -1.05. The molecule has 0 aliphatic heterocycles. The number of ether oxygens (including phenoxy) is 2. The minimum Gasteiger partial charge on any atom is -0.872 e. The van der Waals surface area contributed by atoms with E-state index < -0.39 is 45.5 Å². The first-order valence-corrected chi connectivity index (χ1v) is 17.4. The van der Waals surface area contributed by atoms with Crippen molar-refractivity contribution < 1.29 is 65.6 Å². The zero-order valence-electron chi connectivity index (χ0n) is 33.4. The maximum atomic E-state index is 12.9. The van der Waals surface area contributed by atoms with Gasteiger partial charge in [0.05, 0.1) is 22.3 Å². The molecule has 0 fully saturated rings. The molecule has 55 heavy (non-hydrogen) atoms. The summed E-state index contributed by atoms with van der Waals surface area (Å²) < 4.78 is 10.8. The summed E-state index contributed by atoms with van der Waals surface area (Å²) in [5, 5.41) is 43.7. The molecule has 0 heterocycles. The van der Waals surface area contributed by atoms with Crippen molar-refractivity contribution in [3.05, 3.63) is 117 Å². The van der Waals surface area contributed by atoms with E-state index in [1.165, 1.54) is 48.5 Å². The topological polar surface area (TPSA) is 173 Å². The fourth-order valence-corrected chi connectivity index (χ4v) is 5.38. The van der Waals surface area contributed by atoms with E-state index in [4.69, 9.17) is 19.7 Å². The summed E-state index contributed by atoms with van der Waals surface area (Å²) in [6.45, 7) is 23.1. The molecular formula is C44H50NiO10. The van der Waals surface area contributed by atoms with Crippen LogP contribution in [0.3, 0.4) is 0 Å². The van der Waals surface area contributed by atoms with Gasteiger partial charge in [-0.1, -0.05) is 83.1 Å². The molecule has 0 radical (unpaired) electrons. The van der Waals surface area contributed by atoms with Crippen LogP contribution in [0.1, 0.15) is 147 Å². The third kappa shape index (κ3) is 11.9. The second-order valence-corrected chi connectivity index (χ2v) is 17.2. The van der Waals surface area contributed by atoms with Gasteiger partial charge in [0.15, 0.2) is 0 Å². The number of carbonyl (C=O) groups excluding carboxylic acids is 2. The van der Waals surface area contributed by atoms with Crippen LogP contribution < -0.4 is 19.7 Å². The molecule has 0 aromatic heterocycles. The fourth-order valence-electron chi connectivity index (χ4n) is 5.38. The third-order valence-electron chi connectivity index (χ3n) is 8.50. The molecule has 296 valence electrons. The second-order valence-electron chi connectivity index (χ2n) is 17.2. The molecule has 10 nitrogen and oxygen atoms in total. The zero-order chi connectivity index (χ0) is 41.1. The molecule has 11 heteroatoms. The molecule has 0 atom stereocenters. The normalized spacial score (nSPS) is 11.7. The van der Waals surface area contributed by atoms with Crippen LogP contribution in [0.25, 0.3) is 0 Å². The Bertz CT molecular complexity index is 1820. The molecule has 0 aliphatic rings. The summed E-state index contributed by atoms with van der Waals surface area (Å²) in [4.78, 5) is 47.2. The van der Waals surface area contributed by atoms with E-state index in [1.54, 1.807) is 24.3 Å². The van der Waals surface area contributed by atoms with Crippen LogP contribution in [0, 0.1) is 0 Å². The van der Waals surface area contributed by atoms with Gasteiger partial charge in [0, 0.05) is 0 Å². The molecule has 0 aliphatic carbocycles. The number of carboxylic acids is 2. The van der Waals surface area contributed by atoms with Crippen LogP contribution >= 0.6 is 0 Å². The number of carbonyl (C=O) groups is 4. The van der Waals surface area contributed by atoms with Gasteiger partial charge >= 0.3 is 40.4 Å². The Kier molecular flexibility index (Phi) is 14.3. The SMILES string of the molecule is CC(C)(C)c1cc(C(=O)Oc2ccc(C(=O)O)cc2)cc(C(C)(C)C)c1[O-].CC(C)(C)c1cc(C(=O)Oc2ccc(C(=O)O)cc2)cc(C(C)(C)C)c1[O-].[Ni+2]. The first-order valence-electron chi connectivity index (χ1n) is 17.4. The van der Waals surface area contributed by atoms with Crippen molar-refractivity contribution in [1.82, 2.24) is 0 Å². The van der Waals surface area contributed by atoms with E-state index >= 15 is 0 Å². The van der Waals surface area contributed by atoms with Crippen LogP contribution in [-0.2, 0) is 38.2 Å². The standard InChI is InChI=1S/2C22H26O5.Ni/c2*1-21(2,3)16-11-14(12-17(18(16)23)22(4,5)6)20(26)27-15-9-7-13(8-10-15)19(24)25;/h2*7-12,23H,1-6H3,(H,24,25);/q;;+2/p-2. The van der Waals surface area contributed by atoms with Crippen LogP contribution in [0.2, 0.25) is 0 Å². The van der Waals surface area contributed by atoms with Crippen molar-refractivity contribution in [2.75, 3.05) is 0 Å². The van der Waals surface area contributed by atoms with Crippen molar-refractivity contribution in [2.45, 2.75) is 105 Å². The van der Waals surface area contributed by atoms with Gasteiger partial charge in [-0.25, -0.2) is 19.2 Å². The van der Waals surface area contributed by atoms with E-state index in [-0.39, 0.29) is 50.6 Å². The smallest absolute Gasteiger partial charge is 0.872 e. The van der Waals surface area contributed by atoms with Gasteiger partial charge in [-0.3, -0.25) is 0 Å². The molecule has 0 bridgehead atoms. The largest absolute Gasteiger partial charge is 2.00 e. The first-order chi connectivity index (χ1) is 24.6. The molecule has 4 aromatic carbocycles. The Hall–Kier alpha value is -5.15. The Labute approximate surface area is 333 Å². The molecule has 4 rings (SSSR count). The van der Waals surface area contributed by atoms with E-state index in [0.717, 1.165) is 0 Å². The van der Waals surface area contributed by atoms with E-state index in [2.05, 4.69) is 0 Å². The summed E-state index contributed by atoms with van der Waals surface area (Å²) in [7, 11) is 0. The van der Waals surface area contributed by atoms with Crippen molar-refractivity contribution in [1.29, 1.82) is 0 Å². The van der Waals surface area contributed by atoms with Crippen molar-refractivity contribution in [2.24, 2.45) is 0 Å². The van der Waals surface area contributed by atoms with Crippen LogP contribution in [0.4, 0.5) is 0 Å². The van der Waals surface area contributed by atoms with Crippen molar-refractivity contribution in [3.63, 3.8) is 0 Å². The predicted octanol–water partition coefficient (Wildman–Crippen LogP) is 8.54. The average molecular weight is 798 g/mol. The predicted molar refractivity (Wildman–Crippen MR) is 203 cm³/mol. The molecule has 0 amide bonds. The third-order valence-corrected chi connectivity index (χ3v) is 8.50. The molecule has 0 saturated carbocycles. The van der Waals surface area contributed by atoms with E-state index in [1.807, 2.05) is 83.1 Å². The van der Waals surface area contributed by atoms with Crippen LogP contribution in [0.5, 0.6) is 23.0 Å². The van der Waals surface area contributed by atoms with Gasteiger partial charge in [0.1, 0.15) is 11.5 Å². The number of esters is 2. The van der Waals surface area contributed by atoms with Gasteiger partial charge in [-0.15, -0.1) is 11.5 Å². The molecule has 0 saturated heterocycles. The van der Waals surface area contributed by atoms with Crippen LogP contribution in [0.15, 0.2) is 72.8 Å². The quantitative estimate of drug-likeness (QED) is 0.109. The second kappa shape index (κ2) is 17.1. The summed E-state index contributed by atoms with van der Waals surface area (Å²) in [5.41, 5.74) is 1.36. The molecule has 2 N–H and O–H groups in total. The number of hydrogen-bond acceptors (Lipinski definition) is 8. The Morgan fingerprint density at radius 2 is 0.655 bits per heavy atom. The van der Waals surface area contributed by atoms with Crippen molar-refractivity contribution >= 4 is 23.9 Å². The number of rotatable bonds is 6. The van der Waals surface area contributed by atoms with E-state index in [9.17, 15) is 29.4 Å². The summed E-state index contributed by atoms with van der Waals surface area (Å²) in [6.07, 6.45) is 0. The molecular weight excluding hydrogens is 747 g/mol. The summed E-state index contributed by atoms with van der Waals surface area (Å²) in [6, 6.07) is 17.5. The number of aromatic carboxylic acids is 2. The summed E-state index contributed by atoms with van der Waals surface area (Å²) >= 11 is 0. The van der Waals surface area contributed by atoms with Gasteiger partial charge in [-0.05, 0) is 117 Å². The Morgan fingerprint density at radius 1 is 0.436 bits per heavy atom. The van der Waals surface area contributed by atoms with Gasteiger partial charge < -0.3 is 29.9 Å². The Morgan fingerprint density at radius 3 is 0.836 bits per heavy atom. The first kappa shape index (κ1) is 46.0. The monoisotopic (exact) mass is 796 g/mol. The fraction of sp³-hybridized carbons (Fsp3) is 0.364. The van der Waals surface area contributed by atoms with Gasteiger partial charge in [0.2, 0.25) is 0 Å². The molecule has 4 aromatic rings. The maximum absolute atomic E-state index is 12.9. The van der Waals surface area contributed by atoms with Gasteiger partial charge in [-0.2, -0.15) is 0 Å². The van der Waals surface area contributed by atoms with Gasteiger partial charge in [0.25, 0.3) is 0 Å². The van der Waals surface area contributed by atoms with Crippen molar-refractivity contribution in [3.8, 4) is 23.0 Å². The zero-order valence-corrected chi connectivity index (χ0v) is 34.4. The molecule has 0 unspecified atom stereocenters. The number of hydrogen-bond donors (Lipinski definition) is 2. The molecule has 0 spiro atoms. The summed E-state index contributed by atoms with van der Waals surface area (Å²) in [5.74, 6) is -2.92. The van der Waals surface area contributed by atoms with E-state index in [0.29, 0.717) is 33.4 Å². The minimum absolute atomic E-state index is 0. The number of benzene rings is 4. The Balaban J connectivity index is 0.000000373. The average Bonchev–Trinajstić information content (AvgIpc) is 3.03. The maximum Gasteiger partial charge on any atom is 2.00 e. The van der Waals surface area contributed by atoms with Crippen LogP contribution in [-0.4, -0.2) is 34.1 Å².